The zero-order valence-electron chi connectivity index (χ0n) is 14.6. The van der Waals surface area contributed by atoms with Crippen LogP contribution in [0.5, 0.6) is 5.75 Å². The van der Waals surface area contributed by atoms with Crippen molar-refractivity contribution < 1.29 is 4.74 Å². The lowest BCUT2D eigenvalue weighted by molar-refractivity contribution is 0.393. The minimum absolute atomic E-state index is 0.0951. The third kappa shape index (κ3) is 3.09. The van der Waals surface area contributed by atoms with E-state index in [1.807, 2.05) is 30.3 Å². The highest BCUT2D eigenvalue weighted by atomic mass is 35.5. The topological polar surface area (TPSA) is 62.3 Å². The first-order valence-corrected chi connectivity index (χ1v) is 9.17. The molecular formula is C20H19Cl2N3O. The third-order valence-electron chi connectivity index (χ3n) is 4.62. The molecule has 1 aliphatic rings. The van der Waals surface area contributed by atoms with Crippen molar-refractivity contribution in [1.82, 2.24) is 0 Å². The smallest absolute Gasteiger partial charge is 0.205 e. The molecule has 0 radical (unpaired) electrons. The molecule has 2 aromatic carbocycles. The molecule has 0 aromatic heterocycles. The van der Waals surface area contributed by atoms with Crippen molar-refractivity contribution in [3.05, 3.63) is 69.0 Å². The van der Waals surface area contributed by atoms with Crippen LogP contribution in [0, 0.1) is 11.3 Å². The Morgan fingerprint density at radius 1 is 1.15 bits per heavy atom. The maximum atomic E-state index is 9.65. The van der Waals surface area contributed by atoms with Crippen molar-refractivity contribution in [1.29, 1.82) is 5.26 Å². The maximum Gasteiger partial charge on any atom is 0.205 e. The molecule has 0 fully saturated rings. The van der Waals surface area contributed by atoms with Crippen molar-refractivity contribution in [2.24, 2.45) is 5.73 Å². The van der Waals surface area contributed by atoms with E-state index >= 15 is 0 Å². The first-order chi connectivity index (χ1) is 12.5. The molecule has 0 bridgehead atoms. The van der Waals surface area contributed by atoms with Gasteiger partial charge in [-0.3, -0.25) is 0 Å². The number of ether oxygens (including phenoxy) is 1. The molecule has 1 heterocycles. The lowest BCUT2D eigenvalue weighted by atomic mass is 9.83. The van der Waals surface area contributed by atoms with E-state index in [0.717, 1.165) is 29.9 Å². The van der Waals surface area contributed by atoms with Gasteiger partial charge < -0.3 is 15.4 Å². The minimum atomic E-state index is -0.416. The molecule has 2 aromatic rings. The predicted molar refractivity (Wildman–Crippen MR) is 106 cm³/mol. The Morgan fingerprint density at radius 2 is 1.88 bits per heavy atom. The first kappa shape index (κ1) is 18.4. The van der Waals surface area contributed by atoms with Crippen LogP contribution in [0.25, 0.3) is 0 Å². The van der Waals surface area contributed by atoms with Gasteiger partial charge in [0.25, 0.3) is 0 Å². The van der Waals surface area contributed by atoms with Gasteiger partial charge in [-0.2, -0.15) is 5.26 Å². The molecule has 0 spiro atoms. The number of anilines is 1. The Labute approximate surface area is 163 Å². The Balaban J connectivity index is 2.19. The fourth-order valence-corrected chi connectivity index (χ4v) is 3.71. The second kappa shape index (κ2) is 7.49. The second-order valence-corrected chi connectivity index (χ2v) is 6.75. The number of halogens is 2. The fourth-order valence-electron chi connectivity index (χ4n) is 3.29. The van der Waals surface area contributed by atoms with E-state index in [2.05, 4.69) is 24.8 Å². The molecular weight excluding hydrogens is 369 g/mol. The summed E-state index contributed by atoms with van der Waals surface area (Å²) in [6.45, 7) is 5.96. The summed E-state index contributed by atoms with van der Waals surface area (Å²) in [6.07, 6.45) is 0. The largest absolute Gasteiger partial charge is 0.440 e. The van der Waals surface area contributed by atoms with Crippen molar-refractivity contribution in [3.8, 4) is 11.8 Å². The Kier molecular flexibility index (Phi) is 5.31. The number of nitrogens with zero attached hydrogens (tertiary/aromatic N) is 2. The number of rotatable bonds is 4. The maximum absolute atomic E-state index is 9.65. The summed E-state index contributed by atoms with van der Waals surface area (Å²) in [5.41, 5.74) is 9.01. The molecule has 0 aliphatic carbocycles. The van der Waals surface area contributed by atoms with Crippen LogP contribution in [0.15, 0.2) is 47.9 Å². The molecule has 134 valence electrons. The van der Waals surface area contributed by atoms with Gasteiger partial charge >= 0.3 is 0 Å². The first-order valence-electron chi connectivity index (χ1n) is 8.42. The number of hydrogen-bond acceptors (Lipinski definition) is 4. The molecule has 0 saturated heterocycles. The van der Waals surface area contributed by atoms with E-state index in [1.54, 1.807) is 6.07 Å². The zero-order valence-corrected chi connectivity index (χ0v) is 16.1. The van der Waals surface area contributed by atoms with Crippen LogP contribution in [0.4, 0.5) is 5.69 Å². The van der Waals surface area contributed by atoms with Gasteiger partial charge in [-0.25, -0.2) is 0 Å². The third-order valence-corrected chi connectivity index (χ3v) is 5.46. The number of fused-ring (bicyclic) bond motifs is 1. The van der Waals surface area contributed by atoms with Gasteiger partial charge in [-0.05, 0) is 31.5 Å². The van der Waals surface area contributed by atoms with Crippen LogP contribution < -0.4 is 15.4 Å². The minimum Gasteiger partial charge on any atom is -0.440 e. The normalized spacial score (nSPS) is 15.9. The average molecular weight is 388 g/mol. The summed E-state index contributed by atoms with van der Waals surface area (Å²) in [5.74, 6) is 0.311. The van der Waals surface area contributed by atoms with E-state index in [-0.39, 0.29) is 5.88 Å². The lowest BCUT2D eigenvalue weighted by Gasteiger charge is -2.29. The van der Waals surface area contributed by atoms with Gasteiger partial charge in [-0.15, -0.1) is 0 Å². The highest BCUT2D eigenvalue weighted by Gasteiger charge is 2.32. The molecule has 6 heteroatoms. The van der Waals surface area contributed by atoms with E-state index in [4.69, 9.17) is 33.7 Å². The Morgan fingerprint density at radius 3 is 2.54 bits per heavy atom. The molecule has 3 rings (SSSR count). The summed E-state index contributed by atoms with van der Waals surface area (Å²) in [6, 6.07) is 13.5. The van der Waals surface area contributed by atoms with Crippen LogP contribution in [-0.4, -0.2) is 13.1 Å². The molecule has 0 saturated carbocycles. The van der Waals surface area contributed by atoms with Gasteiger partial charge in [0.1, 0.15) is 17.4 Å². The number of nitrogens with two attached hydrogens (primary N) is 1. The second-order valence-electron chi connectivity index (χ2n) is 5.96. The fraction of sp³-hybridized carbons (Fsp3) is 0.250. The number of hydrogen-bond donors (Lipinski definition) is 1. The van der Waals surface area contributed by atoms with Crippen LogP contribution in [-0.2, 0) is 0 Å². The van der Waals surface area contributed by atoms with Crippen LogP contribution in [0.1, 0.15) is 30.9 Å². The van der Waals surface area contributed by atoms with Gasteiger partial charge in [0.2, 0.25) is 5.88 Å². The summed E-state index contributed by atoms with van der Waals surface area (Å²) in [7, 11) is 0. The average Bonchev–Trinajstić information content (AvgIpc) is 2.64. The standard InChI is InChI=1S/C20H19Cl2N3O/c1-3-25(4-2)12-8-9-13-17(10-12)26-20(24)15(11-23)18(13)14-6-5-7-16(21)19(14)22/h5-10,18H,3-4,24H2,1-2H3/t18-/m0/s1. The summed E-state index contributed by atoms with van der Waals surface area (Å²) in [5, 5.41) is 10.5. The van der Waals surface area contributed by atoms with E-state index < -0.39 is 5.92 Å². The predicted octanol–water partition coefficient (Wildman–Crippen LogP) is 5.06. The molecule has 1 aliphatic heterocycles. The SMILES string of the molecule is CCN(CC)c1ccc2c(c1)OC(N)=C(C#N)[C@@H]2c1cccc(Cl)c1Cl. The quantitative estimate of drug-likeness (QED) is 0.796. The number of benzene rings is 2. The zero-order chi connectivity index (χ0) is 18.8. The summed E-state index contributed by atoms with van der Waals surface area (Å²) >= 11 is 12.6. The van der Waals surface area contributed by atoms with Crippen molar-refractivity contribution >= 4 is 28.9 Å². The molecule has 1 atom stereocenters. The number of nitriles is 1. The Bertz CT molecular complexity index is 914. The molecule has 26 heavy (non-hydrogen) atoms. The van der Waals surface area contributed by atoms with Gasteiger partial charge in [0.05, 0.1) is 16.0 Å². The molecule has 4 nitrogen and oxygen atoms in total. The Hall–Kier alpha value is -2.35. The van der Waals surface area contributed by atoms with Gasteiger partial charge in [0.15, 0.2) is 0 Å². The number of allylic oxidation sites excluding steroid dienone is 1. The van der Waals surface area contributed by atoms with Crippen LogP contribution in [0.2, 0.25) is 10.0 Å². The molecule has 0 unspecified atom stereocenters. The van der Waals surface area contributed by atoms with Crippen molar-refractivity contribution in [2.45, 2.75) is 19.8 Å². The van der Waals surface area contributed by atoms with Gasteiger partial charge in [-0.1, -0.05) is 41.4 Å². The van der Waals surface area contributed by atoms with Crippen molar-refractivity contribution in [2.75, 3.05) is 18.0 Å². The van der Waals surface area contributed by atoms with E-state index in [1.165, 1.54) is 0 Å². The lowest BCUT2D eigenvalue weighted by Crippen LogP contribution is -2.24. The summed E-state index contributed by atoms with van der Waals surface area (Å²) < 4.78 is 5.77. The highest BCUT2D eigenvalue weighted by Crippen LogP contribution is 2.46. The molecule has 2 N–H and O–H groups in total. The highest BCUT2D eigenvalue weighted by molar-refractivity contribution is 6.42. The van der Waals surface area contributed by atoms with E-state index in [9.17, 15) is 5.26 Å². The van der Waals surface area contributed by atoms with Crippen LogP contribution >= 0.6 is 23.2 Å². The van der Waals surface area contributed by atoms with Crippen LogP contribution in [0.3, 0.4) is 0 Å². The summed E-state index contributed by atoms with van der Waals surface area (Å²) in [4.78, 5) is 2.21. The molecule has 0 amide bonds. The van der Waals surface area contributed by atoms with E-state index in [0.29, 0.717) is 21.4 Å². The monoisotopic (exact) mass is 387 g/mol. The van der Waals surface area contributed by atoms with Gasteiger partial charge in [0, 0.05) is 30.4 Å². The van der Waals surface area contributed by atoms with Crippen molar-refractivity contribution in [3.63, 3.8) is 0 Å².